The largest absolute Gasteiger partial charge is 0.371 e. The lowest BCUT2D eigenvalue weighted by Gasteiger charge is -2.42. The molecule has 3 rings (SSSR count). The van der Waals surface area contributed by atoms with Crippen LogP contribution in [0.15, 0.2) is 33.7 Å². The Morgan fingerprint density at radius 1 is 1.31 bits per heavy atom. The lowest BCUT2D eigenvalue weighted by molar-refractivity contribution is 0.335. The second-order valence-corrected chi connectivity index (χ2v) is 5.52. The van der Waals surface area contributed by atoms with E-state index in [0.29, 0.717) is 0 Å². The zero-order valence-electron chi connectivity index (χ0n) is 9.17. The maximum atomic E-state index is 4.63. The molecular weight excluding hydrogens is 264 g/mol. The molecule has 16 heavy (non-hydrogen) atoms. The number of amidine groups is 1. The average Bonchev–Trinajstić information content (AvgIpc) is 2.70. The van der Waals surface area contributed by atoms with Gasteiger partial charge in [0, 0.05) is 11.0 Å². The van der Waals surface area contributed by atoms with Crippen LogP contribution in [0.4, 0.5) is 0 Å². The summed E-state index contributed by atoms with van der Waals surface area (Å²) in [5.74, 6) is 1.22. The molecule has 84 valence electrons. The molecule has 0 saturated heterocycles. The van der Waals surface area contributed by atoms with Crippen molar-refractivity contribution in [1.29, 1.82) is 0 Å². The number of benzene rings is 1. The minimum absolute atomic E-state index is 0.195. The van der Waals surface area contributed by atoms with Gasteiger partial charge in [-0.25, -0.2) is 0 Å². The molecule has 0 radical (unpaired) electrons. The summed E-state index contributed by atoms with van der Waals surface area (Å²) in [5, 5.41) is 3.45. The van der Waals surface area contributed by atoms with Crippen molar-refractivity contribution >= 4 is 21.8 Å². The van der Waals surface area contributed by atoms with Crippen LogP contribution in [0.2, 0.25) is 0 Å². The molecule has 1 N–H and O–H groups in total. The molecule has 1 aliphatic heterocycles. The Labute approximate surface area is 104 Å². The van der Waals surface area contributed by atoms with Crippen LogP contribution in [0.3, 0.4) is 0 Å². The molecule has 0 atom stereocenters. The summed E-state index contributed by atoms with van der Waals surface area (Å²) in [6, 6.07) is 8.67. The van der Waals surface area contributed by atoms with Gasteiger partial charge in [-0.3, -0.25) is 4.99 Å². The Hall–Kier alpha value is -0.830. The topological polar surface area (TPSA) is 24.4 Å². The molecule has 1 fully saturated rings. The van der Waals surface area contributed by atoms with E-state index in [2.05, 4.69) is 50.5 Å². The van der Waals surface area contributed by atoms with Crippen LogP contribution in [0.1, 0.15) is 24.8 Å². The third-order valence-corrected chi connectivity index (χ3v) is 4.21. The lowest BCUT2D eigenvalue weighted by Crippen LogP contribution is -2.47. The van der Waals surface area contributed by atoms with Gasteiger partial charge < -0.3 is 5.32 Å². The van der Waals surface area contributed by atoms with Crippen molar-refractivity contribution in [2.75, 3.05) is 13.1 Å². The molecule has 1 aromatic rings. The molecule has 0 unspecified atom stereocenters. The fraction of sp³-hybridized carbons (Fsp3) is 0.462. The molecule has 0 amide bonds. The highest BCUT2D eigenvalue weighted by Gasteiger charge is 2.44. The minimum atomic E-state index is 0.195. The van der Waals surface area contributed by atoms with Crippen LogP contribution in [0.5, 0.6) is 0 Å². The number of halogens is 1. The normalized spacial score (nSPS) is 22.2. The highest BCUT2D eigenvalue weighted by molar-refractivity contribution is 9.10. The van der Waals surface area contributed by atoms with Crippen molar-refractivity contribution in [2.24, 2.45) is 4.99 Å². The monoisotopic (exact) mass is 278 g/mol. The van der Waals surface area contributed by atoms with E-state index >= 15 is 0 Å². The molecule has 0 aromatic heterocycles. The van der Waals surface area contributed by atoms with Crippen LogP contribution < -0.4 is 5.32 Å². The molecule has 2 aliphatic rings. The van der Waals surface area contributed by atoms with E-state index in [1.807, 2.05) is 0 Å². The van der Waals surface area contributed by atoms with Gasteiger partial charge in [0.1, 0.15) is 5.84 Å². The second-order valence-electron chi connectivity index (χ2n) is 4.60. The standard InChI is InChI=1S/C13H15BrN2/c14-11-4-1-3-10(9-11)13(5-2-6-13)12-15-7-8-16-12/h1,3-4,9H,2,5-8H2,(H,15,16). The number of nitrogens with one attached hydrogen (secondary N) is 1. The smallest absolute Gasteiger partial charge is 0.107 e. The quantitative estimate of drug-likeness (QED) is 0.884. The zero-order valence-corrected chi connectivity index (χ0v) is 10.8. The van der Waals surface area contributed by atoms with Crippen LogP contribution >= 0.6 is 15.9 Å². The fourth-order valence-corrected chi connectivity index (χ4v) is 3.10. The van der Waals surface area contributed by atoms with Gasteiger partial charge in [0.2, 0.25) is 0 Å². The number of hydrogen-bond acceptors (Lipinski definition) is 2. The number of rotatable bonds is 2. The maximum absolute atomic E-state index is 4.63. The summed E-state index contributed by atoms with van der Waals surface area (Å²) < 4.78 is 1.16. The van der Waals surface area contributed by atoms with Crippen molar-refractivity contribution in [3.05, 3.63) is 34.3 Å². The van der Waals surface area contributed by atoms with Crippen LogP contribution in [-0.4, -0.2) is 18.9 Å². The average molecular weight is 279 g/mol. The van der Waals surface area contributed by atoms with Gasteiger partial charge in [-0.05, 0) is 30.5 Å². The Bertz CT molecular complexity index is 435. The molecule has 3 heteroatoms. The van der Waals surface area contributed by atoms with E-state index < -0.39 is 0 Å². The van der Waals surface area contributed by atoms with Crippen LogP contribution in [0, 0.1) is 0 Å². The highest BCUT2D eigenvalue weighted by Crippen LogP contribution is 2.45. The number of nitrogens with zero attached hydrogens (tertiary/aromatic N) is 1. The first-order valence-electron chi connectivity index (χ1n) is 5.86. The minimum Gasteiger partial charge on any atom is -0.371 e. The van der Waals surface area contributed by atoms with Crippen molar-refractivity contribution in [3.8, 4) is 0 Å². The first kappa shape index (κ1) is 10.3. The Morgan fingerprint density at radius 3 is 2.75 bits per heavy atom. The van der Waals surface area contributed by atoms with Gasteiger partial charge >= 0.3 is 0 Å². The highest BCUT2D eigenvalue weighted by atomic mass is 79.9. The molecule has 1 aliphatic carbocycles. The van der Waals surface area contributed by atoms with E-state index in [4.69, 9.17) is 0 Å². The van der Waals surface area contributed by atoms with E-state index in [0.717, 1.165) is 17.6 Å². The van der Waals surface area contributed by atoms with Gasteiger partial charge in [0.25, 0.3) is 0 Å². The van der Waals surface area contributed by atoms with E-state index in [-0.39, 0.29) is 5.41 Å². The van der Waals surface area contributed by atoms with Crippen LogP contribution in [0.25, 0.3) is 0 Å². The molecule has 1 heterocycles. The number of aliphatic imine (C=N–C) groups is 1. The van der Waals surface area contributed by atoms with Gasteiger partial charge in [-0.1, -0.05) is 34.5 Å². The summed E-state index contributed by atoms with van der Waals surface area (Å²) in [6.45, 7) is 1.94. The number of hydrogen-bond donors (Lipinski definition) is 1. The van der Waals surface area contributed by atoms with E-state index in [1.54, 1.807) is 0 Å². The van der Waals surface area contributed by atoms with E-state index in [9.17, 15) is 0 Å². The van der Waals surface area contributed by atoms with Crippen LogP contribution in [-0.2, 0) is 5.41 Å². The van der Waals surface area contributed by atoms with Gasteiger partial charge in [-0.2, -0.15) is 0 Å². The molecule has 1 saturated carbocycles. The summed E-state index contributed by atoms with van der Waals surface area (Å²) in [7, 11) is 0. The third-order valence-electron chi connectivity index (χ3n) is 3.71. The second kappa shape index (κ2) is 3.88. The lowest BCUT2D eigenvalue weighted by atomic mass is 9.63. The first-order valence-corrected chi connectivity index (χ1v) is 6.65. The van der Waals surface area contributed by atoms with Crippen molar-refractivity contribution in [2.45, 2.75) is 24.7 Å². The Kier molecular flexibility index (Phi) is 2.51. The summed E-state index contributed by atoms with van der Waals surface area (Å²) in [6.07, 6.45) is 3.78. The predicted octanol–water partition coefficient (Wildman–Crippen LogP) is 2.87. The summed E-state index contributed by atoms with van der Waals surface area (Å²) >= 11 is 3.56. The molecule has 0 spiro atoms. The summed E-state index contributed by atoms with van der Waals surface area (Å²) in [5.41, 5.74) is 1.60. The Balaban J connectivity index is 2.01. The first-order chi connectivity index (χ1) is 7.81. The molecular formula is C13H15BrN2. The third kappa shape index (κ3) is 1.49. The molecule has 1 aromatic carbocycles. The molecule has 0 bridgehead atoms. The fourth-order valence-electron chi connectivity index (χ4n) is 2.70. The van der Waals surface area contributed by atoms with Crippen molar-refractivity contribution in [3.63, 3.8) is 0 Å². The van der Waals surface area contributed by atoms with Gasteiger partial charge in [0.05, 0.1) is 12.0 Å². The molecule has 2 nitrogen and oxygen atoms in total. The van der Waals surface area contributed by atoms with Gasteiger partial charge in [0.15, 0.2) is 0 Å². The van der Waals surface area contributed by atoms with Crippen molar-refractivity contribution in [1.82, 2.24) is 5.32 Å². The Morgan fingerprint density at radius 2 is 2.19 bits per heavy atom. The zero-order chi connectivity index (χ0) is 11.0. The van der Waals surface area contributed by atoms with Crippen molar-refractivity contribution < 1.29 is 0 Å². The summed E-state index contributed by atoms with van der Waals surface area (Å²) in [4.78, 5) is 4.63. The van der Waals surface area contributed by atoms with E-state index in [1.165, 1.54) is 30.7 Å². The SMILES string of the molecule is Brc1cccc(C2(C3=NCCN3)CCC2)c1. The maximum Gasteiger partial charge on any atom is 0.107 e. The van der Waals surface area contributed by atoms with Gasteiger partial charge in [-0.15, -0.1) is 0 Å². The predicted molar refractivity (Wildman–Crippen MR) is 70.0 cm³/mol.